The van der Waals surface area contributed by atoms with Gasteiger partial charge in [-0.15, -0.1) is 11.3 Å². The van der Waals surface area contributed by atoms with E-state index in [0.717, 1.165) is 5.01 Å². The number of aromatic nitrogens is 1. The summed E-state index contributed by atoms with van der Waals surface area (Å²) in [4.78, 5) is 4.06. The van der Waals surface area contributed by atoms with Gasteiger partial charge in [0.05, 0.1) is 10.6 Å². The molecule has 0 aliphatic heterocycles. The van der Waals surface area contributed by atoms with Gasteiger partial charge in [-0.2, -0.15) is 0 Å². The molecule has 0 saturated carbocycles. The maximum Gasteiger partial charge on any atom is 0.0953 e. The minimum absolute atomic E-state index is 0.627. The SMILES string of the molecule is CC(C)(O)Cc1nccs1. The smallest absolute Gasteiger partial charge is 0.0953 e. The molecule has 3 heteroatoms. The molecule has 0 aliphatic carbocycles. The summed E-state index contributed by atoms with van der Waals surface area (Å²) in [6.45, 7) is 3.57. The Kier molecular flexibility index (Phi) is 2.06. The Bertz CT molecular complexity index is 188. The Morgan fingerprint density at radius 3 is 2.80 bits per heavy atom. The van der Waals surface area contributed by atoms with E-state index in [0.29, 0.717) is 6.42 Å². The molecule has 1 N–H and O–H groups in total. The summed E-state index contributed by atoms with van der Waals surface area (Å²) in [7, 11) is 0. The highest BCUT2D eigenvalue weighted by Gasteiger charge is 2.14. The van der Waals surface area contributed by atoms with Gasteiger partial charge in [-0.3, -0.25) is 0 Å². The highest BCUT2D eigenvalue weighted by Crippen LogP contribution is 2.13. The normalized spacial score (nSPS) is 11.9. The molecule has 0 radical (unpaired) electrons. The van der Waals surface area contributed by atoms with Gasteiger partial charge in [0.25, 0.3) is 0 Å². The first-order valence-corrected chi connectivity index (χ1v) is 4.07. The molecule has 1 rings (SSSR count). The van der Waals surface area contributed by atoms with Crippen LogP contribution in [0.25, 0.3) is 0 Å². The lowest BCUT2D eigenvalue weighted by atomic mass is 10.1. The summed E-state index contributed by atoms with van der Waals surface area (Å²) in [5, 5.41) is 12.3. The van der Waals surface area contributed by atoms with Crippen molar-refractivity contribution in [1.29, 1.82) is 0 Å². The topological polar surface area (TPSA) is 33.1 Å². The molecule has 0 aliphatic rings. The second-order valence-corrected chi connectivity index (χ2v) is 3.89. The van der Waals surface area contributed by atoms with Crippen LogP contribution in [0.5, 0.6) is 0 Å². The second-order valence-electron chi connectivity index (χ2n) is 2.92. The molecule has 1 aromatic rings. The average molecular weight is 157 g/mol. The third-order valence-electron chi connectivity index (χ3n) is 1.07. The van der Waals surface area contributed by atoms with E-state index in [1.54, 1.807) is 31.4 Å². The largest absolute Gasteiger partial charge is 0.390 e. The zero-order chi connectivity index (χ0) is 7.61. The quantitative estimate of drug-likeness (QED) is 0.705. The molecule has 0 aromatic carbocycles. The molecule has 0 atom stereocenters. The molecule has 1 aromatic heterocycles. The number of thiazole rings is 1. The third kappa shape index (κ3) is 2.45. The van der Waals surface area contributed by atoms with Crippen LogP contribution in [0, 0.1) is 0 Å². The number of hydrogen-bond acceptors (Lipinski definition) is 3. The standard InChI is InChI=1S/C7H11NOS/c1-7(2,9)5-6-8-3-4-10-6/h3-4,9H,5H2,1-2H3. The van der Waals surface area contributed by atoms with Crippen LogP contribution in [0.3, 0.4) is 0 Å². The lowest BCUT2D eigenvalue weighted by molar-refractivity contribution is 0.0809. The predicted molar refractivity (Wildman–Crippen MR) is 42.1 cm³/mol. The number of hydrogen-bond donors (Lipinski definition) is 1. The fraction of sp³-hybridized carbons (Fsp3) is 0.571. The Balaban J connectivity index is 2.57. The molecule has 0 saturated heterocycles. The minimum atomic E-state index is -0.627. The van der Waals surface area contributed by atoms with E-state index in [2.05, 4.69) is 4.98 Å². The first-order valence-electron chi connectivity index (χ1n) is 3.19. The highest BCUT2D eigenvalue weighted by molar-refractivity contribution is 7.09. The van der Waals surface area contributed by atoms with Crippen molar-refractivity contribution in [2.45, 2.75) is 25.9 Å². The molecule has 0 unspecified atom stereocenters. The second kappa shape index (κ2) is 2.68. The van der Waals surface area contributed by atoms with Crippen LogP contribution in [0.15, 0.2) is 11.6 Å². The summed E-state index contributed by atoms with van der Waals surface area (Å²) in [6.07, 6.45) is 2.40. The van der Waals surface area contributed by atoms with Crippen molar-refractivity contribution in [1.82, 2.24) is 4.98 Å². The van der Waals surface area contributed by atoms with Crippen molar-refractivity contribution >= 4 is 11.3 Å². The fourth-order valence-corrected chi connectivity index (χ4v) is 1.55. The van der Waals surface area contributed by atoms with Gasteiger partial charge in [-0.25, -0.2) is 4.98 Å². The number of rotatable bonds is 2. The lowest BCUT2D eigenvalue weighted by Gasteiger charge is -2.13. The van der Waals surface area contributed by atoms with E-state index >= 15 is 0 Å². The van der Waals surface area contributed by atoms with Crippen molar-refractivity contribution in [2.24, 2.45) is 0 Å². The van der Waals surface area contributed by atoms with Crippen molar-refractivity contribution in [3.8, 4) is 0 Å². The third-order valence-corrected chi connectivity index (χ3v) is 1.85. The van der Waals surface area contributed by atoms with E-state index in [-0.39, 0.29) is 0 Å². The average Bonchev–Trinajstić information content (AvgIpc) is 2.12. The first-order chi connectivity index (χ1) is 4.58. The minimum Gasteiger partial charge on any atom is -0.390 e. The predicted octanol–water partition coefficient (Wildman–Crippen LogP) is 1.46. The van der Waals surface area contributed by atoms with Crippen LogP contribution in [0.1, 0.15) is 18.9 Å². The van der Waals surface area contributed by atoms with E-state index in [9.17, 15) is 5.11 Å². The van der Waals surface area contributed by atoms with Crippen molar-refractivity contribution in [3.63, 3.8) is 0 Å². The lowest BCUT2D eigenvalue weighted by Crippen LogP contribution is -2.21. The van der Waals surface area contributed by atoms with E-state index in [1.807, 2.05) is 5.38 Å². The van der Waals surface area contributed by atoms with Gasteiger partial charge in [0.2, 0.25) is 0 Å². The highest BCUT2D eigenvalue weighted by atomic mass is 32.1. The van der Waals surface area contributed by atoms with Crippen LogP contribution in [0.2, 0.25) is 0 Å². The van der Waals surface area contributed by atoms with Gasteiger partial charge in [-0.1, -0.05) is 0 Å². The van der Waals surface area contributed by atoms with E-state index in [1.165, 1.54) is 0 Å². The van der Waals surface area contributed by atoms with Crippen LogP contribution in [-0.4, -0.2) is 15.7 Å². The Labute approximate surface area is 64.5 Å². The molecular formula is C7H11NOS. The molecule has 0 fully saturated rings. The maximum atomic E-state index is 9.36. The molecule has 10 heavy (non-hydrogen) atoms. The van der Waals surface area contributed by atoms with Crippen molar-refractivity contribution < 1.29 is 5.11 Å². The van der Waals surface area contributed by atoms with Gasteiger partial charge in [-0.05, 0) is 13.8 Å². The zero-order valence-electron chi connectivity index (χ0n) is 6.16. The molecule has 0 spiro atoms. The molecule has 2 nitrogen and oxygen atoms in total. The van der Waals surface area contributed by atoms with Crippen LogP contribution < -0.4 is 0 Å². The maximum absolute atomic E-state index is 9.36. The van der Waals surface area contributed by atoms with Gasteiger partial charge in [0, 0.05) is 18.0 Å². The summed E-state index contributed by atoms with van der Waals surface area (Å²) in [5.41, 5.74) is -0.627. The van der Waals surface area contributed by atoms with Gasteiger partial charge in [0.15, 0.2) is 0 Å². The van der Waals surface area contributed by atoms with Crippen LogP contribution in [0.4, 0.5) is 0 Å². The summed E-state index contributed by atoms with van der Waals surface area (Å²) in [6, 6.07) is 0. The Morgan fingerprint density at radius 1 is 1.70 bits per heavy atom. The number of nitrogens with zero attached hydrogens (tertiary/aromatic N) is 1. The van der Waals surface area contributed by atoms with Crippen molar-refractivity contribution in [2.75, 3.05) is 0 Å². The molecular weight excluding hydrogens is 146 g/mol. The Morgan fingerprint density at radius 2 is 2.40 bits per heavy atom. The molecule has 0 bridgehead atoms. The van der Waals surface area contributed by atoms with Crippen LogP contribution >= 0.6 is 11.3 Å². The van der Waals surface area contributed by atoms with Gasteiger partial charge >= 0.3 is 0 Å². The monoisotopic (exact) mass is 157 g/mol. The van der Waals surface area contributed by atoms with E-state index < -0.39 is 5.60 Å². The van der Waals surface area contributed by atoms with Gasteiger partial charge in [0.1, 0.15) is 0 Å². The van der Waals surface area contributed by atoms with Gasteiger partial charge < -0.3 is 5.11 Å². The molecule has 56 valence electrons. The van der Waals surface area contributed by atoms with Crippen molar-refractivity contribution in [3.05, 3.63) is 16.6 Å². The first kappa shape index (κ1) is 7.69. The summed E-state index contributed by atoms with van der Waals surface area (Å²) >= 11 is 1.58. The molecule has 1 heterocycles. The Hall–Kier alpha value is -0.410. The summed E-state index contributed by atoms with van der Waals surface area (Å²) < 4.78 is 0. The molecule has 0 amide bonds. The van der Waals surface area contributed by atoms with Crippen LogP contribution in [-0.2, 0) is 6.42 Å². The fourth-order valence-electron chi connectivity index (χ4n) is 0.710. The summed E-state index contributed by atoms with van der Waals surface area (Å²) in [5.74, 6) is 0. The zero-order valence-corrected chi connectivity index (χ0v) is 6.98. The number of aliphatic hydroxyl groups is 1. The van der Waals surface area contributed by atoms with E-state index in [4.69, 9.17) is 0 Å².